The van der Waals surface area contributed by atoms with Gasteiger partial charge in [0.25, 0.3) is 0 Å². The number of aliphatic hydroxyl groups excluding tert-OH is 1. The van der Waals surface area contributed by atoms with Crippen molar-refractivity contribution >= 4 is 5.91 Å². The van der Waals surface area contributed by atoms with E-state index in [9.17, 15) is 9.90 Å². The third-order valence-electron chi connectivity index (χ3n) is 3.42. The lowest BCUT2D eigenvalue weighted by molar-refractivity contribution is -0.123. The zero-order chi connectivity index (χ0) is 15.1. The number of rotatable bonds is 6. The number of amides is 1. The van der Waals surface area contributed by atoms with Gasteiger partial charge in [-0.2, -0.15) is 0 Å². The Kier molecular flexibility index (Phi) is 5.46. The van der Waals surface area contributed by atoms with Gasteiger partial charge in [0.2, 0.25) is 5.91 Å². The number of aromatic nitrogens is 1. The fraction of sp³-hybridized carbons (Fsp3) is 0.294. The van der Waals surface area contributed by atoms with Crippen molar-refractivity contribution in [2.75, 3.05) is 6.54 Å². The van der Waals surface area contributed by atoms with E-state index in [0.717, 1.165) is 17.5 Å². The van der Waals surface area contributed by atoms with E-state index in [4.69, 9.17) is 0 Å². The summed E-state index contributed by atoms with van der Waals surface area (Å²) in [7, 11) is 0. The molecule has 4 heteroatoms. The van der Waals surface area contributed by atoms with E-state index in [0.29, 0.717) is 6.54 Å². The minimum Gasteiger partial charge on any atom is -0.388 e. The summed E-state index contributed by atoms with van der Waals surface area (Å²) in [6.07, 6.45) is 3.66. The summed E-state index contributed by atoms with van der Waals surface area (Å²) in [5.41, 5.74) is 3.06. The van der Waals surface area contributed by atoms with E-state index in [1.165, 1.54) is 5.56 Å². The van der Waals surface area contributed by atoms with E-state index in [1.54, 1.807) is 6.20 Å². The van der Waals surface area contributed by atoms with Crippen LogP contribution >= 0.6 is 0 Å². The summed E-state index contributed by atoms with van der Waals surface area (Å²) in [6.45, 7) is 2.56. The maximum Gasteiger partial charge on any atom is 0.222 e. The van der Waals surface area contributed by atoms with Crippen molar-refractivity contribution in [3.8, 4) is 0 Å². The molecule has 4 nitrogen and oxygen atoms in total. The molecule has 1 amide bonds. The molecular formula is C17H20N2O2. The van der Waals surface area contributed by atoms with Gasteiger partial charge >= 0.3 is 0 Å². The second-order valence-corrected chi connectivity index (χ2v) is 5.03. The van der Waals surface area contributed by atoms with Crippen LogP contribution in [0.3, 0.4) is 0 Å². The molecule has 0 aliphatic heterocycles. The molecule has 1 atom stereocenters. The third-order valence-corrected chi connectivity index (χ3v) is 3.42. The average Bonchev–Trinajstić information content (AvgIpc) is 2.50. The first-order valence-electron chi connectivity index (χ1n) is 7.06. The molecule has 2 aromatic rings. The Hall–Kier alpha value is -2.20. The van der Waals surface area contributed by atoms with Gasteiger partial charge in [0.15, 0.2) is 0 Å². The molecule has 0 saturated carbocycles. The van der Waals surface area contributed by atoms with E-state index >= 15 is 0 Å². The van der Waals surface area contributed by atoms with Gasteiger partial charge < -0.3 is 10.4 Å². The van der Waals surface area contributed by atoms with E-state index in [2.05, 4.69) is 10.3 Å². The molecule has 21 heavy (non-hydrogen) atoms. The molecule has 0 bridgehead atoms. The summed E-state index contributed by atoms with van der Waals surface area (Å²) in [4.78, 5) is 15.9. The molecule has 0 saturated heterocycles. The molecule has 0 aliphatic carbocycles. The molecular weight excluding hydrogens is 264 g/mol. The number of hydrogen-bond acceptors (Lipinski definition) is 3. The number of nitrogens with one attached hydrogen (secondary N) is 1. The molecule has 0 fully saturated rings. The Balaban J connectivity index is 1.76. The van der Waals surface area contributed by atoms with Gasteiger partial charge in [0.1, 0.15) is 0 Å². The molecule has 2 N–H and O–H groups in total. The first-order valence-corrected chi connectivity index (χ1v) is 7.06. The average molecular weight is 284 g/mol. The molecule has 1 aromatic heterocycles. The molecule has 1 heterocycles. The van der Waals surface area contributed by atoms with Crippen LogP contribution in [-0.2, 0) is 11.2 Å². The number of aliphatic hydroxyl groups is 1. The minimum atomic E-state index is -0.756. The summed E-state index contributed by atoms with van der Waals surface area (Å²) < 4.78 is 0. The molecule has 1 aromatic carbocycles. The van der Waals surface area contributed by atoms with E-state index in [1.807, 2.05) is 49.5 Å². The molecule has 1 unspecified atom stereocenters. The van der Waals surface area contributed by atoms with Crippen LogP contribution in [0.25, 0.3) is 0 Å². The van der Waals surface area contributed by atoms with Crippen molar-refractivity contribution in [3.63, 3.8) is 0 Å². The largest absolute Gasteiger partial charge is 0.388 e. The van der Waals surface area contributed by atoms with Gasteiger partial charge in [-0.25, -0.2) is 0 Å². The Bertz CT molecular complexity index is 584. The van der Waals surface area contributed by atoms with Gasteiger partial charge in [-0.1, -0.05) is 30.3 Å². The first kappa shape index (κ1) is 15.2. The zero-order valence-electron chi connectivity index (χ0n) is 12.1. The van der Waals surface area contributed by atoms with Crippen molar-refractivity contribution in [3.05, 3.63) is 65.5 Å². The lowest BCUT2D eigenvalue weighted by atomic mass is 10.1. The predicted molar refractivity (Wildman–Crippen MR) is 81.7 cm³/mol. The minimum absolute atomic E-state index is 0.0827. The Labute approximate surface area is 124 Å². The summed E-state index contributed by atoms with van der Waals surface area (Å²) in [5, 5.41) is 12.8. The SMILES string of the molecule is Cc1cnccc1CCNC(=O)CC(O)c1ccccc1. The van der Waals surface area contributed by atoms with Crippen LogP contribution in [0.4, 0.5) is 0 Å². The summed E-state index contributed by atoms with van der Waals surface area (Å²) in [6, 6.07) is 11.2. The Morgan fingerprint density at radius 3 is 2.76 bits per heavy atom. The maximum absolute atomic E-state index is 11.8. The Morgan fingerprint density at radius 2 is 2.05 bits per heavy atom. The van der Waals surface area contributed by atoms with Gasteiger partial charge in [-0.3, -0.25) is 9.78 Å². The number of hydrogen-bond donors (Lipinski definition) is 2. The lowest BCUT2D eigenvalue weighted by Crippen LogP contribution is -2.27. The highest BCUT2D eigenvalue weighted by Gasteiger charge is 2.12. The van der Waals surface area contributed by atoms with Crippen molar-refractivity contribution in [1.29, 1.82) is 0 Å². The van der Waals surface area contributed by atoms with Gasteiger partial charge in [-0.05, 0) is 36.1 Å². The van der Waals surface area contributed by atoms with Crippen LogP contribution in [0.15, 0.2) is 48.8 Å². The van der Waals surface area contributed by atoms with Crippen LogP contribution in [-0.4, -0.2) is 22.5 Å². The Morgan fingerprint density at radius 1 is 1.29 bits per heavy atom. The van der Waals surface area contributed by atoms with Crippen molar-refractivity contribution in [2.45, 2.75) is 25.9 Å². The number of carbonyl (C=O) groups excluding carboxylic acids is 1. The number of benzene rings is 1. The van der Waals surface area contributed by atoms with Gasteiger partial charge in [-0.15, -0.1) is 0 Å². The van der Waals surface area contributed by atoms with Gasteiger partial charge in [0, 0.05) is 18.9 Å². The van der Waals surface area contributed by atoms with Crippen LogP contribution in [0.5, 0.6) is 0 Å². The summed E-state index contributed by atoms with van der Waals surface area (Å²) in [5.74, 6) is -0.141. The fourth-order valence-electron chi connectivity index (χ4n) is 2.16. The molecule has 110 valence electrons. The molecule has 0 radical (unpaired) electrons. The monoisotopic (exact) mass is 284 g/mol. The maximum atomic E-state index is 11.8. The highest BCUT2D eigenvalue weighted by molar-refractivity contribution is 5.76. The van der Waals surface area contributed by atoms with E-state index in [-0.39, 0.29) is 12.3 Å². The normalized spacial score (nSPS) is 11.9. The van der Waals surface area contributed by atoms with Crippen molar-refractivity contribution < 1.29 is 9.90 Å². The molecule has 2 rings (SSSR count). The third kappa shape index (κ3) is 4.68. The van der Waals surface area contributed by atoms with Gasteiger partial charge in [0.05, 0.1) is 12.5 Å². The van der Waals surface area contributed by atoms with Crippen LogP contribution in [0.1, 0.15) is 29.2 Å². The van der Waals surface area contributed by atoms with Crippen LogP contribution in [0, 0.1) is 6.92 Å². The van der Waals surface area contributed by atoms with E-state index < -0.39 is 6.10 Å². The summed E-state index contributed by atoms with van der Waals surface area (Å²) >= 11 is 0. The fourth-order valence-corrected chi connectivity index (χ4v) is 2.16. The lowest BCUT2D eigenvalue weighted by Gasteiger charge is -2.11. The number of pyridine rings is 1. The second-order valence-electron chi connectivity index (χ2n) is 5.03. The highest BCUT2D eigenvalue weighted by atomic mass is 16.3. The smallest absolute Gasteiger partial charge is 0.222 e. The predicted octanol–water partition coefficient (Wildman–Crippen LogP) is 2.17. The number of nitrogens with zero attached hydrogens (tertiary/aromatic N) is 1. The standard InChI is InChI=1S/C17H20N2O2/c1-13-12-18-9-7-14(13)8-10-19-17(21)11-16(20)15-5-3-2-4-6-15/h2-7,9,12,16,20H,8,10-11H2,1H3,(H,19,21). The molecule has 0 spiro atoms. The first-order chi connectivity index (χ1) is 10.2. The topological polar surface area (TPSA) is 62.2 Å². The van der Waals surface area contributed by atoms with Crippen LogP contribution in [0.2, 0.25) is 0 Å². The van der Waals surface area contributed by atoms with Crippen LogP contribution < -0.4 is 5.32 Å². The zero-order valence-corrected chi connectivity index (χ0v) is 12.1. The number of carbonyl (C=O) groups is 1. The van der Waals surface area contributed by atoms with Crippen molar-refractivity contribution in [1.82, 2.24) is 10.3 Å². The second kappa shape index (κ2) is 7.55. The quantitative estimate of drug-likeness (QED) is 0.854. The van der Waals surface area contributed by atoms with Crippen molar-refractivity contribution in [2.24, 2.45) is 0 Å². The highest BCUT2D eigenvalue weighted by Crippen LogP contribution is 2.15. The molecule has 0 aliphatic rings. The number of aryl methyl sites for hydroxylation is 1.